The highest BCUT2D eigenvalue weighted by atomic mass is 32.2. The first-order valence-corrected chi connectivity index (χ1v) is 7.72. The largest absolute Gasteiger partial charge is 0.330 e. The zero-order chi connectivity index (χ0) is 10.4. The summed E-state index contributed by atoms with van der Waals surface area (Å²) in [6.45, 7) is 0.564. The molecule has 1 fully saturated rings. The molecule has 0 amide bonds. The lowest BCUT2D eigenvalue weighted by Gasteiger charge is -2.11. The van der Waals surface area contributed by atoms with Crippen LogP contribution >= 0.6 is 11.8 Å². The van der Waals surface area contributed by atoms with Crippen molar-refractivity contribution in [3.8, 4) is 0 Å². The van der Waals surface area contributed by atoms with E-state index in [9.17, 15) is 8.42 Å². The van der Waals surface area contributed by atoms with Gasteiger partial charge in [-0.3, -0.25) is 0 Å². The van der Waals surface area contributed by atoms with Gasteiger partial charge in [-0.25, -0.2) is 13.1 Å². The molecule has 3 N–H and O–H groups in total. The van der Waals surface area contributed by atoms with Crippen molar-refractivity contribution in [2.24, 2.45) is 5.73 Å². The molecular weight excluding hydrogens is 220 g/mol. The molecule has 4 nitrogen and oxygen atoms in total. The van der Waals surface area contributed by atoms with Crippen LogP contribution < -0.4 is 10.5 Å². The fourth-order valence-electron chi connectivity index (χ4n) is 1.38. The summed E-state index contributed by atoms with van der Waals surface area (Å²) in [6.07, 6.45) is 2.40. The Balaban J connectivity index is 2.26. The quantitative estimate of drug-likeness (QED) is 0.646. The van der Waals surface area contributed by atoms with Crippen LogP contribution in [0.3, 0.4) is 0 Å². The Morgan fingerprint density at radius 2 is 2.21 bits per heavy atom. The molecule has 1 saturated heterocycles. The third-order valence-corrected chi connectivity index (χ3v) is 4.82. The van der Waals surface area contributed by atoms with Gasteiger partial charge in [0.25, 0.3) is 0 Å². The number of sulfonamides is 1. The molecule has 0 saturated carbocycles. The van der Waals surface area contributed by atoms with E-state index < -0.39 is 10.0 Å². The molecule has 1 aliphatic heterocycles. The summed E-state index contributed by atoms with van der Waals surface area (Å²) in [5.74, 6) is 2.19. The van der Waals surface area contributed by atoms with Crippen molar-refractivity contribution in [2.45, 2.75) is 25.3 Å². The van der Waals surface area contributed by atoms with Crippen LogP contribution in [0.2, 0.25) is 0 Å². The zero-order valence-electron chi connectivity index (χ0n) is 8.24. The summed E-state index contributed by atoms with van der Waals surface area (Å²) in [5.41, 5.74) is 5.30. The summed E-state index contributed by atoms with van der Waals surface area (Å²) < 4.78 is 25.7. The second kappa shape index (κ2) is 5.95. The molecular formula is C8H18N2O2S2. The Hall–Kier alpha value is 0.220. The zero-order valence-corrected chi connectivity index (χ0v) is 9.87. The van der Waals surface area contributed by atoms with Gasteiger partial charge >= 0.3 is 0 Å². The molecule has 0 radical (unpaired) electrons. The van der Waals surface area contributed by atoms with Gasteiger partial charge in [0.2, 0.25) is 10.0 Å². The van der Waals surface area contributed by atoms with Crippen LogP contribution in [0.1, 0.15) is 19.3 Å². The maximum Gasteiger partial charge on any atom is 0.211 e. The summed E-state index contributed by atoms with van der Waals surface area (Å²) in [5, 5.41) is 0. The van der Waals surface area contributed by atoms with Crippen LogP contribution in [0.5, 0.6) is 0 Å². The van der Waals surface area contributed by atoms with Gasteiger partial charge in [0.1, 0.15) is 0 Å². The van der Waals surface area contributed by atoms with Crippen molar-refractivity contribution < 1.29 is 8.42 Å². The number of hydrogen-bond donors (Lipinski definition) is 2. The molecule has 0 aromatic carbocycles. The molecule has 84 valence electrons. The molecule has 0 bridgehead atoms. The number of nitrogens with one attached hydrogen (secondary N) is 1. The molecule has 1 aliphatic rings. The van der Waals surface area contributed by atoms with Gasteiger partial charge < -0.3 is 5.73 Å². The summed E-state index contributed by atoms with van der Waals surface area (Å²) in [6, 6.07) is 0.155. The summed E-state index contributed by atoms with van der Waals surface area (Å²) in [4.78, 5) is 0. The van der Waals surface area contributed by atoms with Gasteiger partial charge in [-0.05, 0) is 31.6 Å². The van der Waals surface area contributed by atoms with E-state index in [0.29, 0.717) is 13.0 Å². The van der Waals surface area contributed by atoms with E-state index >= 15 is 0 Å². The number of thioether (sulfide) groups is 1. The Bertz CT molecular complexity index is 248. The van der Waals surface area contributed by atoms with Crippen LogP contribution in [-0.2, 0) is 10.0 Å². The first-order valence-electron chi connectivity index (χ1n) is 4.92. The van der Waals surface area contributed by atoms with E-state index in [0.717, 1.165) is 24.3 Å². The van der Waals surface area contributed by atoms with Crippen LogP contribution in [0.4, 0.5) is 0 Å². The van der Waals surface area contributed by atoms with Gasteiger partial charge in [0, 0.05) is 11.8 Å². The standard InChI is InChI=1S/C8H18N2O2S2/c9-4-1-2-6-14(11,12)10-8-3-5-13-7-8/h8,10H,1-7,9H2. The van der Waals surface area contributed by atoms with Crippen molar-refractivity contribution in [1.82, 2.24) is 4.72 Å². The number of nitrogens with two attached hydrogens (primary N) is 1. The van der Waals surface area contributed by atoms with E-state index in [1.54, 1.807) is 11.8 Å². The fourth-order valence-corrected chi connectivity index (χ4v) is 4.05. The maximum absolute atomic E-state index is 11.5. The van der Waals surface area contributed by atoms with Crippen LogP contribution in [0, 0.1) is 0 Å². The smallest absolute Gasteiger partial charge is 0.211 e. The van der Waals surface area contributed by atoms with E-state index in [-0.39, 0.29) is 11.8 Å². The van der Waals surface area contributed by atoms with Gasteiger partial charge in [-0.2, -0.15) is 11.8 Å². The Labute approximate surface area is 90.1 Å². The topological polar surface area (TPSA) is 72.2 Å². The van der Waals surface area contributed by atoms with E-state index in [1.807, 2.05) is 0 Å². The first-order chi connectivity index (χ1) is 6.64. The molecule has 1 heterocycles. The van der Waals surface area contributed by atoms with Crippen molar-refractivity contribution in [1.29, 1.82) is 0 Å². The number of rotatable bonds is 6. The second-order valence-corrected chi connectivity index (χ2v) is 6.52. The Morgan fingerprint density at radius 1 is 1.43 bits per heavy atom. The van der Waals surface area contributed by atoms with E-state index in [1.165, 1.54) is 0 Å². The third-order valence-electron chi connectivity index (χ3n) is 2.14. The molecule has 0 aromatic heterocycles. The lowest BCUT2D eigenvalue weighted by Crippen LogP contribution is -2.36. The Kier molecular flexibility index (Phi) is 5.22. The van der Waals surface area contributed by atoms with Crippen LogP contribution in [0.15, 0.2) is 0 Å². The molecule has 6 heteroatoms. The van der Waals surface area contributed by atoms with Crippen molar-refractivity contribution in [3.05, 3.63) is 0 Å². The monoisotopic (exact) mass is 238 g/mol. The number of unbranched alkanes of at least 4 members (excludes halogenated alkanes) is 1. The Morgan fingerprint density at radius 3 is 2.79 bits per heavy atom. The molecule has 0 aliphatic carbocycles. The van der Waals surface area contributed by atoms with E-state index in [2.05, 4.69) is 4.72 Å². The summed E-state index contributed by atoms with van der Waals surface area (Å²) >= 11 is 1.80. The number of hydrogen-bond acceptors (Lipinski definition) is 4. The lowest BCUT2D eigenvalue weighted by molar-refractivity contribution is 0.559. The molecule has 1 atom stereocenters. The highest BCUT2D eigenvalue weighted by Crippen LogP contribution is 2.17. The molecule has 1 rings (SSSR count). The normalized spacial score (nSPS) is 22.8. The maximum atomic E-state index is 11.5. The highest BCUT2D eigenvalue weighted by molar-refractivity contribution is 7.99. The minimum absolute atomic E-state index is 0.155. The van der Waals surface area contributed by atoms with E-state index in [4.69, 9.17) is 5.73 Å². The minimum atomic E-state index is -3.06. The first kappa shape index (κ1) is 12.3. The minimum Gasteiger partial charge on any atom is -0.330 e. The van der Waals surface area contributed by atoms with Gasteiger partial charge in [-0.1, -0.05) is 0 Å². The second-order valence-electron chi connectivity index (χ2n) is 3.49. The van der Waals surface area contributed by atoms with Crippen LogP contribution in [-0.4, -0.2) is 38.3 Å². The van der Waals surface area contributed by atoms with Gasteiger partial charge in [0.15, 0.2) is 0 Å². The fraction of sp³-hybridized carbons (Fsp3) is 1.00. The summed E-state index contributed by atoms with van der Waals surface area (Å²) in [7, 11) is -3.06. The SMILES string of the molecule is NCCCCS(=O)(=O)NC1CCSC1. The predicted octanol–water partition coefficient (Wildman–Crippen LogP) is 0.150. The predicted molar refractivity (Wildman–Crippen MR) is 60.9 cm³/mol. The molecule has 1 unspecified atom stereocenters. The highest BCUT2D eigenvalue weighted by Gasteiger charge is 2.20. The van der Waals surface area contributed by atoms with Crippen molar-refractivity contribution >= 4 is 21.8 Å². The van der Waals surface area contributed by atoms with Crippen molar-refractivity contribution in [2.75, 3.05) is 23.8 Å². The average Bonchev–Trinajstić information content (AvgIpc) is 2.56. The van der Waals surface area contributed by atoms with Crippen LogP contribution in [0.25, 0.3) is 0 Å². The van der Waals surface area contributed by atoms with Gasteiger partial charge in [-0.15, -0.1) is 0 Å². The van der Waals surface area contributed by atoms with Crippen molar-refractivity contribution in [3.63, 3.8) is 0 Å². The molecule has 0 aromatic rings. The lowest BCUT2D eigenvalue weighted by atomic mass is 10.3. The third kappa shape index (κ3) is 4.63. The average molecular weight is 238 g/mol. The van der Waals surface area contributed by atoms with Gasteiger partial charge in [0.05, 0.1) is 5.75 Å². The molecule has 0 spiro atoms. The molecule has 14 heavy (non-hydrogen) atoms.